The standard InChI is InChI=1S/C19H17N5O4S2/c1-3-27-16(25)10-8-20-18(29)23-14(10)12-6-5-7-13(22-12)15-11(17(26)28-4-2)9-21-19(30)24-15/h5-9H,3-4H2,1-2H3,(H,20,23,29)(H,21,24,30). The number of nitrogens with zero attached hydrogens (tertiary/aromatic N) is 3. The molecule has 0 radical (unpaired) electrons. The number of ether oxygens (including phenoxy) is 2. The normalized spacial score (nSPS) is 10.5. The average molecular weight is 444 g/mol. The van der Waals surface area contributed by atoms with E-state index in [0.717, 1.165) is 0 Å². The summed E-state index contributed by atoms with van der Waals surface area (Å²) < 4.78 is 10.5. The number of hydrogen-bond donors (Lipinski definition) is 2. The van der Waals surface area contributed by atoms with E-state index in [2.05, 4.69) is 24.9 Å². The Kier molecular flexibility index (Phi) is 6.75. The second-order valence-electron chi connectivity index (χ2n) is 5.80. The topological polar surface area (TPSA) is 123 Å². The van der Waals surface area contributed by atoms with Crippen molar-refractivity contribution < 1.29 is 19.1 Å². The Morgan fingerprint density at radius 2 is 1.30 bits per heavy atom. The highest BCUT2D eigenvalue weighted by Gasteiger charge is 2.19. The SMILES string of the molecule is CCOC(=O)c1cnc(=S)[nH]c1-c1cccc(-c2[nH]c(=S)ncc2C(=O)OCC)n1. The van der Waals surface area contributed by atoms with Crippen molar-refractivity contribution in [3.8, 4) is 22.8 Å². The first-order valence-corrected chi connectivity index (χ1v) is 9.76. The molecule has 11 heteroatoms. The first-order valence-electron chi connectivity index (χ1n) is 8.95. The number of aromatic amines is 2. The zero-order valence-corrected chi connectivity index (χ0v) is 17.7. The Labute approximate surface area is 181 Å². The molecule has 3 heterocycles. The third kappa shape index (κ3) is 4.63. The first-order chi connectivity index (χ1) is 14.4. The molecular weight excluding hydrogens is 426 g/mol. The smallest absolute Gasteiger partial charge is 0.341 e. The summed E-state index contributed by atoms with van der Waals surface area (Å²) in [7, 11) is 0. The Hall–Kier alpha value is -3.31. The lowest BCUT2D eigenvalue weighted by atomic mass is 10.1. The van der Waals surface area contributed by atoms with Crippen molar-refractivity contribution in [2.24, 2.45) is 0 Å². The summed E-state index contributed by atoms with van der Waals surface area (Å²) in [5.74, 6) is -1.12. The van der Waals surface area contributed by atoms with Crippen LogP contribution >= 0.6 is 24.4 Å². The lowest BCUT2D eigenvalue weighted by Gasteiger charge is -2.11. The molecule has 0 saturated carbocycles. The van der Waals surface area contributed by atoms with Crippen LogP contribution in [-0.4, -0.2) is 50.1 Å². The van der Waals surface area contributed by atoms with Gasteiger partial charge < -0.3 is 19.4 Å². The minimum atomic E-state index is -0.561. The van der Waals surface area contributed by atoms with Crippen LogP contribution < -0.4 is 0 Å². The number of nitrogens with one attached hydrogen (secondary N) is 2. The number of H-pyrrole nitrogens is 2. The molecule has 154 valence electrons. The maximum Gasteiger partial charge on any atom is 0.341 e. The molecule has 3 aromatic heterocycles. The summed E-state index contributed by atoms with van der Waals surface area (Å²) >= 11 is 10.2. The van der Waals surface area contributed by atoms with Gasteiger partial charge in [-0.2, -0.15) is 0 Å². The minimum Gasteiger partial charge on any atom is -0.462 e. The van der Waals surface area contributed by atoms with Crippen molar-refractivity contribution in [2.45, 2.75) is 13.8 Å². The molecule has 0 saturated heterocycles. The third-order valence-electron chi connectivity index (χ3n) is 3.88. The molecule has 30 heavy (non-hydrogen) atoms. The average Bonchev–Trinajstić information content (AvgIpc) is 2.74. The highest BCUT2D eigenvalue weighted by molar-refractivity contribution is 7.71. The molecule has 3 aromatic rings. The molecule has 0 aromatic carbocycles. The van der Waals surface area contributed by atoms with Crippen molar-refractivity contribution in [1.29, 1.82) is 0 Å². The van der Waals surface area contributed by atoms with Gasteiger partial charge in [0.1, 0.15) is 11.1 Å². The van der Waals surface area contributed by atoms with Gasteiger partial charge in [-0.15, -0.1) is 0 Å². The van der Waals surface area contributed by atoms with Crippen LogP contribution in [0.25, 0.3) is 22.8 Å². The zero-order chi connectivity index (χ0) is 21.7. The van der Waals surface area contributed by atoms with Gasteiger partial charge in [0.05, 0.1) is 36.0 Å². The predicted molar refractivity (Wildman–Crippen MR) is 113 cm³/mol. The molecule has 0 fully saturated rings. The fraction of sp³-hybridized carbons (Fsp3) is 0.211. The molecule has 9 nitrogen and oxygen atoms in total. The van der Waals surface area contributed by atoms with E-state index in [1.807, 2.05) is 0 Å². The highest BCUT2D eigenvalue weighted by atomic mass is 32.1. The number of carbonyl (C=O) groups excluding carboxylic acids is 2. The van der Waals surface area contributed by atoms with Crippen molar-refractivity contribution in [3.63, 3.8) is 0 Å². The molecule has 0 unspecified atom stereocenters. The Morgan fingerprint density at radius 3 is 1.70 bits per heavy atom. The van der Waals surface area contributed by atoms with Gasteiger partial charge in [0, 0.05) is 12.4 Å². The molecule has 0 bridgehead atoms. The Balaban J connectivity index is 2.16. The van der Waals surface area contributed by atoms with Crippen molar-refractivity contribution in [2.75, 3.05) is 13.2 Å². The molecule has 0 spiro atoms. The second-order valence-corrected chi connectivity index (χ2v) is 6.58. The van der Waals surface area contributed by atoms with E-state index in [-0.39, 0.29) is 33.9 Å². The Bertz CT molecular complexity index is 1130. The summed E-state index contributed by atoms with van der Waals surface area (Å²) in [4.78, 5) is 42.9. The third-order valence-corrected chi connectivity index (χ3v) is 4.29. The maximum absolute atomic E-state index is 12.3. The summed E-state index contributed by atoms with van der Waals surface area (Å²) in [6.45, 7) is 3.82. The predicted octanol–water partition coefficient (Wildman–Crippen LogP) is 3.67. The van der Waals surface area contributed by atoms with Gasteiger partial charge in [-0.05, 0) is 50.4 Å². The number of rotatable bonds is 6. The molecule has 3 rings (SSSR count). The lowest BCUT2D eigenvalue weighted by Crippen LogP contribution is -2.10. The first kappa shape index (κ1) is 21.4. The van der Waals surface area contributed by atoms with Crippen LogP contribution in [0.5, 0.6) is 0 Å². The fourth-order valence-corrected chi connectivity index (χ4v) is 2.94. The number of carbonyl (C=O) groups is 2. The molecule has 0 atom stereocenters. The molecular formula is C19H17N5O4S2. The van der Waals surface area contributed by atoms with Crippen LogP contribution in [0.15, 0.2) is 30.6 Å². The molecule has 0 aliphatic rings. The van der Waals surface area contributed by atoms with Crippen LogP contribution in [0.4, 0.5) is 0 Å². The highest BCUT2D eigenvalue weighted by Crippen LogP contribution is 2.25. The van der Waals surface area contributed by atoms with Crippen LogP contribution in [0.1, 0.15) is 34.6 Å². The van der Waals surface area contributed by atoms with Gasteiger partial charge in [0.2, 0.25) is 0 Å². The van der Waals surface area contributed by atoms with Gasteiger partial charge in [-0.25, -0.2) is 24.5 Å². The fourth-order valence-electron chi connectivity index (χ4n) is 2.63. The number of pyridine rings is 1. The Morgan fingerprint density at radius 1 is 0.867 bits per heavy atom. The summed E-state index contributed by atoms with van der Waals surface area (Å²) in [5.41, 5.74) is 1.86. The monoisotopic (exact) mass is 443 g/mol. The van der Waals surface area contributed by atoms with Crippen molar-refractivity contribution in [1.82, 2.24) is 24.9 Å². The van der Waals surface area contributed by atoms with Crippen LogP contribution in [-0.2, 0) is 9.47 Å². The van der Waals surface area contributed by atoms with Gasteiger partial charge >= 0.3 is 11.9 Å². The molecule has 0 amide bonds. The van der Waals surface area contributed by atoms with Crippen molar-refractivity contribution >= 4 is 36.4 Å². The maximum atomic E-state index is 12.3. The molecule has 0 aliphatic carbocycles. The van der Waals surface area contributed by atoms with Gasteiger partial charge in [-0.3, -0.25) is 0 Å². The minimum absolute atomic E-state index is 0.181. The lowest BCUT2D eigenvalue weighted by molar-refractivity contribution is 0.0516. The van der Waals surface area contributed by atoms with Gasteiger partial charge in [-0.1, -0.05) is 6.07 Å². The molecule has 2 N–H and O–H groups in total. The van der Waals surface area contributed by atoms with E-state index < -0.39 is 11.9 Å². The van der Waals surface area contributed by atoms with Crippen LogP contribution in [0.2, 0.25) is 0 Å². The number of esters is 2. The van der Waals surface area contributed by atoms with E-state index in [1.165, 1.54) is 12.4 Å². The van der Waals surface area contributed by atoms with E-state index in [4.69, 9.17) is 33.9 Å². The van der Waals surface area contributed by atoms with Crippen molar-refractivity contribution in [3.05, 3.63) is 51.3 Å². The summed E-state index contributed by atoms with van der Waals surface area (Å²) in [6, 6.07) is 5.09. The van der Waals surface area contributed by atoms with E-state index in [0.29, 0.717) is 22.8 Å². The van der Waals surface area contributed by atoms with E-state index in [9.17, 15) is 9.59 Å². The quantitative estimate of drug-likeness (QED) is 0.434. The zero-order valence-electron chi connectivity index (χ0n) is 16.1. The molecule has 0 aliphatic heterocycles. The van der Waals surface area contributed by atoms with Crippen LogP contribution in [0, 0.1) is 9.54 Å². The number of aromatic nitrogens is 5. The van der Waals surface area contributed by atoms with E-state index >= 15 is 0 Å². The van der Waals surface area contributed by atoms with Gasteiger partial charge in [0.25, 0.3) is 0 Å². The summed E-state index contributed by atoms with van der Waals surface area (Å²) in [5, 5.41) is 0. The van der Waals surface area contributed by atoms with Crippen LogP contribution in [0.3, 0.4) is 0 Å². The number of hydrogen-bond acceptors (Lipinski definition) is 9. The van der Waals surface area contributed by atoms with E-state index in [1.54, 1.807) is 32.0 Å². The van der Waals surface area contributed by atoms with Gasteiger partial charge in [0.15, 0.2) is 9.54 Å². The second kappa shape index (κ2) is 9.46. The summed E-state index contributed by atoms with van der Waals surface area (Å²) in [6.07, 6.45) is 2.68. The largest absolute Gasteiger partial charge is 0.462 e.